The maximum absolute atomic E-state index is 14.3. The molecular weight excluding hydrogens is 661 g/mol. The Bertz CT molecular complexity index is 2320. The summed E-state index contributed by atoms with van der Waals surface area (Å²) in [5, 5.41) is 24.3. The van der Waals surface area contributed by atoms with E-state index in [2.05, 4.69) is 27.9 Å². The normalized spacial score (nSPS) is 10.9. The molecule has 6 N–H and O–H groups in total. The lowest BCUT2D eigenvalue weighted by Crippen LogP contribution is -2.30. The van der Waals surface area contributed by atoms with Crippen LogP contribution in [0.1, 0.15) is 50.0 Å². The van der Waals surface area contributed by atoms with Gasteiger partial charge in [-0.15, -0.1) is 22.7 Å². The fraction of sp³-hybridized carbons (Fsp3) is 0.143. The van der Waals surface area contributed by atoms with Crippen molar-refractivity contribution in [2.45, 2.75) is 20.5 Å². The molecule has 0 saturated carbocycles. The van der Waals surface area contributed by atoms with E-state index >= 15 is 0 Å². The molecule has 12 nitrogen and oxygen atoms in total. The molecule has 0 aliphatic rings. The molecule has 4 aromatic heterocycles. The molecular formula is C35H28N8O4S2. The molecule has 0 saturated heterocycles. The quantitative estimate of drug-likeness (QED) is 0.0713. The Hall–Kier alpha value is -5.90. The first-order chi connectivity index (χ1) is 23.9. The molecule has 0 aliphatic heterocycles. The zero-order valence-electron chi connectivity index (χ0n) is 26.3. The summed E-state index contributed by atoms with van der Waals surface area (Å²) in [5.41, 5.74) is 12.2. The summed E-state index contributed by atoms with van der Waals surface area (Å²) in [6.45, 7) is 4.35. The van der Waals surface area contributed by atoms with Crippen molar-refractivity contribution in [2.24, 2.45) is 5.84 Å². The van der Waals surface area contributed by atoms with E-state index in [9.17, 15) is 20.1 Å². The van der Waals surface area contributed by atoms with Crippen LogP contribution in [-0.4, -0.2) is 35.0 Å². The number of thiophene rings is 2. The smallest absolute Gasteiger partial charge is 0.277 e. The number of amides is 2. The van der Waals surface area contributed by atoms with Crippen molar-refractivity contribution in [3.05, 3.63) is 87.2 Å². The maximum atomic E-state index is 14.3. The summed E-state index contributed by atoms with van der Waals surface area (Å²) in [4.78, 5) is 37.7. The molecule has 6 rings (SSSR count). The Morgan fingerprint density at radius 2 is 1.41 bits per heavy atom. The van der Waals surface area contributed by atoms with Gasteiger partial charge in [0.25, 0.3) is 11.8 Å². The average molecular weight is 689 g/mol. The highest BCUT2D eigenvalue weighted by Crippen LogP contribution is 2.46. The topological polar surface area (TPSA) is 202 Å². The number of fused-ring (bicyclic) bond motifs is 2. The number of carbonyl (C=O) groups is 2. The zero-order chi connectivity index (χ0) is 34.7. The molecule has 0 aliphatic carbocycles. The Labute approximate surface area is 288 Å². The molecule has 0 unspecified atom stereocenters. The van der Waals surface area contributed by atoms with Crippen molar-refractivity contribution < 1.29 is 19.1 Å². The largest absolute Gasteiger partial charge is 0.477 e. The van der Waals surface area contributed by atoms with Crippen LogP contribution in [0.4, 0.5) is 11.4 Å². The highest BCUT2D eigenvalue weighted by atomic mass is 32.1. The van der Waals surface area contributed by atoms with Crippen molar-refractivity contribution in [3.8, 4) is 40.3 Å². The number of nitriles is 2. The van der Waals surface area contributed by atoms with E-state index in [1.165, 1.54) is 0 Å². The predicted octanol–water partition coefficient (Wildman–Crippen LogP) is 6.36. The summed E-state index contributed by atoms with van der Waals surface area (Å²) in [6.07, 6.45) is 0. The predicted molar refractivity (Wildman–Crippen MR) is 190 cm³/mol. The van der Waals surface area contributed by atoms with E-state index in [0.29, 0.717) is 55.0 Å². The van der Waals surface area contributed by atoms with Crippen LogP contribution >= 0.6 is 22.7 Å². The number of carbonyl (C=O) groups excluding carboxylic acids is 2. The second-order valence-electron chi connectivity index (χ2n) is 10.4. The van der Waals surface area contributed by atoms with Crippen molar-refractivity contribution in [2.75, 3.05) is 24.3 Å². The highest BCUT2D eigenvalue weighted by Gasteiger charge is 2.30. The van der Waals surface area contributed by atoms with Crippen LogP contribution in [0.5, 0.6) is 5.88 Å². The first-order valence-corrected chi connectivity index (χ1v) is 16.7. The third kappa shape index (κ3) is 5.90. The molecule has 6 aromatic rings. The van der Waals surface area contributed by atoms with Crippen LogP contribution in [0.3, 0.4) is 0 Å². The minimum Gasteiger partial charge on any atom is -0.477 e. The minimum atomic E-state index is -0.667. The maximum Gasteiger partial charge on any atom is 0.277 e. The molecule has 2 amide bonds. The Balaban J connectivity index is 1.59. The lowest BCUT2D eigenvalue weighted by molar-refractivity contribution is 0.0958. The second-order valence-corrected chi connectivity index (χ2v) is 12.4. The van der Waals surface area contributed by atoms with Gasteiger partial charge in [0.1, 0.15) is 37.1 Å². The van der Waals surface area contributed by atoms with Gasteiger partial charge in [0.15, 0.2) is 0 Å². The highest BCUT2D eigenvalue weighted by molar-refractivity contribution is 7.22. The zero-order valence-corrected chi connectivity index (χ0v) is 27.9. The van der Waals surface area contributed by atoms with E-state index in [1.54, 1.807) is 6.92 Å². The van der Waals surface area contributed by atoms with Gasteiger partial charge in [-0.3, -0.25) is 15.0 Å². The number of anilines is 2. The van der Waals surface area contributed by atoms with Gasteiger partial charge in [0, 0.05) is 28.5 Å². The van der Waals surface area contributed by atoms with Gasteiger partial charge in [-0.25, -0.2) is 15.8 Å². The van der Waals surface area contributed by atoms with Gasteiger partial charge in [0.2, 0.25) is 5.88 Å². The number of benzene rings is 2. The Morgan fingerprint density at radius 1 is 0.816 bits per heavy atom. The van der Waals surface area contributed by atoms with Crippen molar-refractivity contribution in [1.29, 1.82) is 10.5 Å². The van der Waals surface area contributed by atoms with Gasteiger partial charge < -0.3 is 20.5 Å². The van der Waals surface area contributed by atoms with E-state index in [-0.39, 0.29) is 51.3 Å². The summed E-state index contributed by atoms with van der Waals surface area (Å²) in [7, 11) is 0. The number of nitrogens with two attached hydrogens (primary N) is 2. The summed E-state index contributed by atoms with van der Waals surface area (Å²) in [6, 6.07) is 22.8. The molecule has 14 heteroatoms. The van der Waals surface area contributed by atoms with E-state index in [4.69, 9.17) is 26.0 Å². The van der Waals surface area contributed by atoms with Crippen LogP contribution in [0.25, 0.3) is 42.7 Å². The molecule has 0 bridgehead atoms. The van der Waals surface area contributed by atoms with Crippen LogP contribution < -0.4 is 27.1 Å². The number of rotatable bonds is 10. The van der Waals surface area contributed by atoms with Crippen LogP contribution in [-0.2, 0) is 11.3 Å². The number of nitrogens with one attached hydrogen (secondary N) is 2. The fourth-order valence-electron chi connectivity index (χ4n) is 5.55. The summed E-state index contributed by atoms with van der Waals surface area (Å²) in [5.74, 6) is 4.41. The number of ether oxygens (including phenoxy) is 2. The first-order valence-electron chi connectivity index (χ1n) is 15.1. The number of nitrogen functional groups attached to an aromatic ring is 2. The Kier molecular flexibility index (Phi) is 9.48. The van der Waals surface area contributed by atoms with E-state index in [1.807, 2.05) is 67.6 Å². The molecule has 49 heavy (non-hydrogen) atoms. The molecule has 4 heterocycles. The number of hydrogen-bond donors (Lipinski definition) is 4. The molecule has 0 radical (unpaired) electrons. The number of hydrazine groups is 1. The molecule has 0 fully saturated rings. The third-order valence-electron chi connectivity index (χ3n) is 7.61. The van der Waals surface area contributed by atoms with Gasteiger partial charge in [-0.1, -0.05) is 60.7 Å². The Morgan fingerprint density at radius 3 is 1.98 bits per heavy atom. The van der Waals surface area contributed by atoms with Crippen LogP contribution in [0.2, 0.25) is 0 Å². The fourth-order valence-corrected chi connectivity index (χ4v) is 7.60. The van der Waals surface area contributed by atoms with Gasteiger partial charge in [0.05, 0.1) is 35.8 Å². The van der Waals surface area contributed by atoms with E-state index < -0.39 is 11.8 Å². The van der Waals surface area contributed by atoms with Crippen molar-refractivity contribution in [1.82, 2.24) is 15.4 Å². The van der Waals surface area contributed by atoms with Gasteiger partial charge in [-0.2, -0.15) is 10.5 Å². The van der Waals surface area contributed by atoms with Crippen LogP contribution in [0.15, 0.2) is 60.7 Å². The standard InChI is InChI=1S/C35H28N8O4S2/c1-3-46-17-22-20(15-36)23(18-11-7-5-8-12-18)26-28(30(32(45)43-39)49-35(26)40-22)41-31(44)29-27(38)25-24(19-13-9-6-10-14-19)21(16-37)33(47-4-2)42-34(25)48-29/h5-14H,3-4,17,38-39H2,1-2H3,(H,41,44)(H,43,45). The molecule has 0 atom stereocenters. The monoisotopic (exact) mass is 688 g/mol. The third-order valence-corrected chi connectivity index (χ3v) is 9.79. The van der Waals surface area contributed by atoms with Gasteiger partial charge in [-0.05, 0) is 25.0 Å². The number of aromatic nitrogens is 2. The summed E-state index contributed by atoms with van der Waals surface area (Å²) >= 11 is 2.04. The SMILES string of the molecule is CCOCc1nc2sc(C(=O)NN)c(NC(=O)c3sc4nc(OCC)c(C#N)c(-c5ccccc5)c4c3N)c2c(-c2ccccc2)c1C#N. The molecule has 244 valence electrons. The van der Waals surface area contributed by atoms with Crippen LogP contribution in [0, 0.1) is 22.7 Å². The number of nitrogens with zero attached hydrogens (tertiary/aromatic N) is 4. The molecule has 0 spiro atoms. The van der Waals surface area contributed by atoms with E-state index in [0.717, 1.165) is 22.7 Å². The lowest BCUT2D eigenvalue weighted by Gasteiger charge is -2.14. The number of hydrogen-bond acceptors (Lipinski definition) is 12. The lowest BCUT2D eigenvalue weighted by atomic mass is 9.95. The average Bonchev–Trinajstić information content (AvgIpc) is 3.66. The van der Waals surface area contributed by atoms with Crippen molar-refractivity contribution in [3.63, 3.8) is 0 Å². The number of pyridine rings is 2. The van der Waals surface area contributed by atoms with Gasteiger partial charge >= 0.3 is 0 Å². The summed E-state index contributed by atoms with van der Waals surface area (Å²) < 4.78 is 11.4. The first kappa shape index (κ1) is 33.0. The van der Waals surface area contributed by atoms with Crippen molar-refractivity contribution >= 4 is 66.3 Å². The second kappa shape index (κ2) is 14.1. The molecule has 2 aromatic carbocycles. The minimum absolute atomic E-state index is 0.0661.